The van der Waals surface area contributed by atoms with Gasteiger partial charge < -0.3 is 20.4 Å². The zero-order valence-electron chi connectivity index (χ0n) is 32.7. The van der Waals surface area contributed by atoms with E-state index in [1.54, 1.807) is 18.3 Å². The normalized spacial score (nSPS) is 19.0. The molecule has 17 nitrogen and oxygen atoms in total. The predicted molar refractivity (Wildman–Crippen MR) is 213 cm³/mol. The second-order valence-corrected chi connectivity index (χ2v) is 15.8. The summed E-state index contributed by atoms with van der Waals surface area (Å²) in [5.74, 6) is -1.96. The molecule has 0 aliphatic carbocycles. The van der Waals surface area contributed by atoms with Crippen molar-refractivity contribution in [2.45, 2.75) is 70.5 Å². The molecule has 4 aliphatic heterocycles. The Bertz CT molecular complexity index is 2540. The van der Waals surface area contributed by atoms with Crippen molar-refractivity contribution in [3.05, 3.63) is 82.7 Å². The van der Waals surface area contributed by atoms with E-state index in [1.807, 2.05) is 28.6 Å². The Kier molecular flexibility index (Phi) is 10.2. The summed E-state index contributed by atoms with van der Waals surface area (Å²) in [6, 6.07) is 9.31. The molecule has 0 saturated carbocycles. The maximum atomic E-state index is 14.4. The van der Waals surface area contributed by atoms with Crippen LogP contribution in [0.1, 0.15) is 83.0 Å². The third-order valence-corrected chi connectivity index (χ3v) is 11.9. The molecule has 7 heterocycles. The monoisotopic (exact) mass is 820 g/mol. The summed E-state index contributed by atoms with van der Waals surface area (Å²) in [7, 11) is 0. The van der Waals surface area contributed by atoms with Gasteiger partial charge in [0, 0.05) is 74.6 Å². The van der Waals surface area contributed by atoms with E-state index in [1.165, 1.54) is 12.1 Å². The molecule has 9 rings (SSSR count). The molecule has 3 aromatic heterocycles. The summed E-state index contributed by atoms with van der Waals surface area (Å²) >= 11 is 0. The second-order valence-electron chi connectivity index (χ2n) is 15.8. The van der Waals surface area contributed by atoms with Crippen molar-refractivity contribution >= 4 is 63.8 Å². The second kappa shape index (κ2) is 15.8. The molecule has 19 heteroatoms. The van der Waals surface area contributed by atoms with Gasteiger partial charge in [-0.2, -0.15) is 20.2 Å². The van der Waals surface area contributed by atoms with Crippen LogP contribution in [0.2, 0.25) is 0 Å². The Morgan fingerprint density at radius 2 is 1.68 bits per heavy atom. The Labute approximate surface area is 341 Å². The summed E-state index contributed by atoms with van der Waals surface area (Å²) in [6.07, 6.45) is 5.18. The molecule has 4 N–H and O–H groups in total. The summed E-state index contributed by atoms with van der Waals surface area (Å²) in [4.78, 5) is 78.6. The summed E-state index contributed by atoms with van der Waals surface area (Å²) in [5, 5.41) is 21.0. The lowest BCUT2D eigenvalue weighted by Crippen LogP contribution is -2.54. The highest BCUT2D eigenvalue weighted by molar-refractivity contribution is 6.23. The standard InChI is InChI=1S/C41H42F2N12O5/c1-22-16-33(51-50-22)46-36-30-21-45-55(37(30)49-41(48-36)44-20-24-2-3-25(42)18-31(24)43)26-10-14-53(15-11-26)35(57)17-23-8-12-52(13-9-23)27-4-5-28-29(19-27)40(60)54(39(28)59)32-6-7-34(56)47-38(32)58/h2-5,16,18-19,21,23,26,32H,6-15,17,20H2,1H3,(H,47,56,58)(H3,44,46,48,49,50,51). The molecule has 1 unspecified atom stereocenters. The van der Waals surface area contributed by atoms with E-state index in [9.17, 15) is 32.8 Å². The average Bonchev–Trinajstić information content (AvgIpc) is 3.93. The molecule has 2 aromatic carbocycles. The average molecular weight is 821 g/mol. The van der Waals surface area contributed by atoms with E-state index in [0.29, 0.717) is 68.1 Å². The number of anilines is 4. The zero-order chi connectivity index (χ0) is 41.7. The van der Waals surface area contributed by atoms with Crippen LogP contribution in [0.3, 0.4) is 0 Å². The highest BCUT2D eigenvalue weighted by Gasteiger charge is 2.45. The smallest absolute Gasteiger partial charge is 0.262 e. The first kappa shape index (κ1) is 38.7. The number of imide groups is 2. The van der Waals surface area contributed by atoms with Crippen LogP contribution in [0.15, 0.2) is 48.7 Å². The van der Waals surface area contributed by atoms with Crippen molar-refractivity contribution in [1.82, 2.24) is 45.1 Å². The lowest BCUT2D eigenvalue weighted by molar-refractivity contribution is -0.136. The molecule has 0 spiro atoms. The molecule has 5 aromatic rings. The van der Waals surface area contributed by atoms with Gasteiger partial charge >= 0.3 is 0 Å². The largest absolute Gasteiger partial charge is 0.371 e. The van der Waals surface area contributed by atoms with Gasteiger partial charge in [0.1, 0.15) is 23.5 Å². The SMILES string of the molecule is Cc1cc(Nc2nc(NCc3ccc(F)cc3F)nc3c2cnn3C2CCN(C(=O)CC3CCN(c4ccc5c(c4)C(=O)N(C4CCC(=O)NC4=O)C5=O)CC3)CC2)n[nH]1. The Morgan fingerprint density at radius 1 is 0.900 bits per heavy atom. The van der Waals surface area contributed by atoms with E-state index in [-0.39, 0.29) is 59.9 Å². The molecule has 0 radical (unpaired) electrons. The van der Waals surface area contributed by atoms with Crippen molar-refractivity contribution in [3.63, 3.8) is 0 Å². The van der Waals surface area contributed by atoms with E-state index in [0.717, 1.165) is 35.2 Å². The number of piperidine rings is 3. The van der Waals surface area contributed by atoms with Crippen LogP contribution in [0.4, 0.5) is 32.1 Å². The van der Waals surface area contributed by atoms with Crippen molar-refractivity contribution in [2.24, 2.45) is 5.92 Å². The number of H-pyrrole nitrogens is 1. The number of halogens is 2. The van der Waals surface area contributed by atoms with Gasteiger partial charge in [0.05, 0.1) is 28.8 Å². The summed E-state index contributed by atoms with van der Waals surface area (Å²) in [6.45, 7) is 4.37. The first-order valence-corrected chi connectivity index (χ1v) is 20.1. The van der Waals surface area contributed by atoms with Crippen LogP contribution < -0.4 is 20.9 Å². The molecule has 5 amide bonds. The first-order valence-electron chi connectivity index (χ1n) is 20.1. The van der Waals surface area contributed by atoms with Gasteiger partial charge in [-0.25, -0.2) is 13.5 Å². The number of carbonyl (C=O) groups is 5. The quantitative estimate of drug-likeness (QED) is 0.145. The minimum absolute atomic E-state index is 0.0243. The van der Waals surface area contributed by atoms with Gasteiger partial charge in [-0.3, -0.25) is 39.3 Å². The summed E-state index contributed by atoms with van der Waals surface area (Å²) < 4.78 is 29.8. The van der Waals surface area contributed by atoms with Crippen molar-refractivity contribution in [3.8, 4) is 0 Å². The third kappa shape index (κ3) is 7.50. The van der Waals surface area contributed by atoms with Crippen molar-refractivity contribution in [1.29, 1.82) is 0 Å². The molecule has 0 bridgehead atoms. The number of nitrogens with one attached hydrogen (secondary N) is 4. The minimum Gasteiger partial charge on any atom is -0.371 e. The topological polar surface area (TPSA) is 203 Å². The molecule has 4 aliphatic rings. The number of likely N-dealkylation sites (tertiary alicyclic amines) is 1. The van der Waals surface area contributed by atoms with Gasteiger partial charge in [0.15, 0.2) is 11.5 Å². The minimum atomic E-state index is -1.02. The molecule has 60 heavy (non-hydrogen) atoms. The number of aromatic nitrogens is 6. The van der Waals surface area contributed by atoms with E-state index < -0.39 is 41.3 Å². The van der Waals surface area contributed by atoms with Crippen LogP contribution in [0, 0.1) is 24.5 Å². The molecular formula is C41H42F2N12O5. The van der Waals surface area contributed by atoms with Crippen LogP contribution in [0.5, 0.6) is 0 Å². The van der Waals surface area contributed by atoms with E-state index in [2.05, 4.69) is 36.0 Å². The fourth-order valence-electron chi connectivity index (χ4n) is 8.60. The first-order chi connectivity index (χ1) is 29.0. The van der Waals surface area contributed by atoms with Gasteiger partial charge in [-0.05, 0) is 69.2 Å². The maximum Gasteiger partial charge on any atom is 0.262 e. The third-order valence-electron chi connectivity index (χ3n) is 11.9. The fourth-order valence-corrected chi connectivity index (χ4v) is 8.60. The molecule has 3 saturated heterocycles. The number of benzene rings is 2. The van der Waals surface area contributed by atoms with E-state index >= 15 is 0 Å². The fraction of sp³-hybridized carbons (Fsp3) is 0.390. The van der Waals surface area contributed by atoms with Gasteiger partial charge in [-0.15, -0.1) is 0 Å². The van der Waals surface area contributed by atoms with Crippen molar-refractivity contribution in [2.75, 3.05) is 41.7 Å². The number of aryl methyl sites for hydroxylation is 1. The number of hydrogen-bond donors (Lipinski definition) is 4. The molecular weight excluding hydrogens is 779 g/mol. The Hall–Kier alpha value is -6.79. The molecule has 3 fully saturated rings. The highest BCUT2D eigenvalue weighted by atomic mass is 19.1. The van der Waals surface area contributed by atoms with Crippen LogP contribution >= 0.6 is 0 Å². The predicted octanol–water partition coefficient (Wildman–Crippen LogP) is 4.36. The Morgan fingerprint density at radius 3 is 2.42 bits per heavy atom. The summed E-state index contributed by atoms with van der Waals surface area (Å²) in [5.41, 5.74) is 2.95. The number of rotatable bonds is 10. The molecule has 1 atom stereocenters. The van der Waals surface area contributed by atoms with Crippen molar-refractivity contribution < 1.29 is 32.8 Å². The number of fused-ring (bicyclic) bond motifs is 2. The number of carbonyl (C=O) groups excluding carboxylic acids is 5. The van der Waals surface area contributed by atoms with Crippen LogP contribution in [-0.4, -0.2) is 102 Å². The lowest BCUT2D eigenvalue weighted by Gasteiger charge is -2.36. The lowest BCUT2D eigenvalue weighted by atomic mass is 9.92. The number of hydrogen-bond acceptors (Lipinski definition) is 12. The zero-order valence-corrected chi connectivity index (χ0v) is 32.7. The molecule has 310 valence electrons. The van der Waals surface area contributed by atoms with Gasteiger partial charge in [0.25, 0.3) is 11.8 Å². The van der Waals surface area contributed by atoms with Gasteiger partial charge in [0.2, 0.25) is 23.7 Å². The maximum absolute atomic E-state index is 14.4. The van der Waals surface area contributed by atoms with E-state index in [4.69, 9.17) is 10.1 Å². The van der Waals surface area contributed by atoms with Crippen LogP contribution in [-0.2, 0) is 20.9 Å². The number of aromatic amines is 1. The number of nitrogens with zero attached hydrogens (tertiary/aromatic N) is 8. The van der Waals surface area contributed by atoms with Gasteiger partial charge in [-0.1, -0.05) is 6.07 Å². The number of amides is 5. The van der Waals surface area contributed by atoms with Crippen LogP contribution in [0.25, 0.3) is 11.0 Å². The Balaban J connectivity index is 0.812. The highest BCUT2D eigenvalue weighted by Crippen LogP contribution is 2.34.